The van der Waals surface area contributed by atoms with E-state index in [1.165, 1.54) is 22.9 Å². The van der Waals surface area contributed by atoms with Gasteiger partial charge in [0, 0.05) is 17.3 Å². The number of carbonyl (C=O) groups excluding carboxylic acids is 2. The Bertz CT molecular complexity index is 1020. The maximum absolute atomic E-state index is 13.9. The molecule has 0 unspecified atom stereocenters. The molecule has 7 nitrogen and oxygen atoms in total. The molecule has 8 heteroatoms. The fourth-order valence-electron chi connectivity index (χ4n) is 2.45. The minimum Gasteiger partial charge on any atom is -0.303 e. The van der Waals surface area contributed by atoms with Crippen LogP contribution in [0.15, 0.2) is 48.4 Å². The lowest BCUT2D eigenvalue weighted by Gasteiger charge is -2.03. The Balaban J connectivity index is 1.83. The highest BCUT2D eigenvalue weighted by Crippen LogP contribution is 2.22. The van der Waals surface area contributed by atoms with Gasteiger partial charge in [0.1, 0.15) is 11.5 Å². The van der Waals surface area contributed by atoms with Gasteiger partial charge in [-0.2, -0.15) is 5.10 Å². The zero-order valence-electron chi connectivity index (χ0n) is 12.2. The zero-order valence-corrected chi connectivity index (χ0v) is 12.2. The Morgan fingerprint density at radius 2 is 1.96 bits per heavy atom. The third-order valence-corrected chi connectivity index (χ3v) is 3.57. The van der Waals surface area contributed by atoms with Gasteiger partial charge in [-0.15, -0.1) is 0 Å². The molecule has 4 rings (SSSR count). The van der Waals surface area contributed by atoms with Crippen LogP contribution in [0, 0.1) is 5.82 Å². The minimum absolute atomic E-state index is 0.105. The molecule has 24 heavy (non-hydrogen) atoms. The lowest BCUT2D eigenvalue weighted by atomic mass is 10.1. The SMILES string of the molecule is O=C1NC(=O)C(=Cc2cnn3ccc(-c4ccccc4F)nc23)N1. The van der Waals surface area contributed by atoms with Crippen LogP contribution in [0.4, 0.5) is 9.18 Å². The predicted octanol–water partition coefficient (Wildman–Crippen LogP) is 1.72. The van der Waals surface area contributed by atoms with Crippen molar-refractivity contribution in [2.45, 2.75) is 0 Å². The number of hydrogen-bond acceptors (Lipinski definition) is 4. The summed E-state index contributed by atoms with van der Waals surface area (Å²) >= 11 is 0. The van der Waals surface area contributed by atoms with Crippen molar-refractivity contribution in [1.82, 2.24) is 25.2 Å². The van der Waals surface area contributed by atoms with Crippen molar-refractivity contribution in [2.24, 2.45) is 0 Å². The van der Waals surface area contributed by atoms with Gasteiger partial charge >= 0.3 is 6.03 Å². The second kappa shape index (κ2) is 5.27. The van der Waals surface area contributed by atoms with E-state index in [0.29, 0.717) is 22.5 Å². The number of halogens is 1. The van der Waals surface area contributed by atoms with Crippen LogP contribution in [-0.4, -0.2) is 26.5 Å². The van der Waals surface area contributed by atoms with Gasteiger partial charge in [-0.05, 0) is 24.3 Å². The first-order valence-corrected chi connectivity index (χ1v) is 7.05. The maximum Gasteiger partial charge on any atom is 0.326 e. The molecule has 1 aromatic carbocycles. The zero-order chi connectivity index (χ0) is 16.7. The van der Waals surface area contributed by atoms with E-state index in [1.54, 1.807) is 30.5 Å². The fourth-order valence-corrected chi connectivity index (χ4v) is 2.45. The smallest absolute Gasteiger partial charge is 0.303 e. The quantitative estimate of drug-likeness (QED) is 0.555. The Morgan fingerprint density at radius 1 is 1.12 bits per heavy atom. The van der Waals surface area contributed by atoms with E-state index in [0.717, 1.165) is 0 Å². The molecule has 0 bridgehead atoms. The average molecular weight is 323 g/mol. The molecule has 0 radical (unpaired) electrons. The van der Waals surface area contributed by atoms with Gasteiger partial charge in [0.2, 0.25) is 0 Å². The predicted molar refractivity (Wildman–Crippen MR) is 83.0 cm³/mol. The molecule has 0 atom stereocenters. The van der Waals surface area contributed by atoms with Crippen molar-refractivity contribution < 1.29 is 14.0 Å². The van der Waals surface area contributed by atoms with Gasteiger partial charge in [-0.3, -0.25) is 10.1 Å². The third-order valence-electron chi connectivity index (χ3n) is 3.57. The molecule has 2 N–H and O–H groups in total. The fraction of sp³-hybridized carbons (Fsp3) is 0. The molecular formula is C16H10FN5O2. The topological polar surface area (TPSA) is 88.4 Å². The lowest BCUT2D eigenvalue weighted by Crippen LogP contribution is -2.22. The van der Waals surface area contributed by atoms with Gasteiger partial charge < -0.3 is 5.32 Å². The number of urea groups is 1. The summed E-state index contributed by atoms with van der Waals surface area (Å²) in [7, 11) is 0. The van der Waals surface area contributed by atoms with E-state index < -0.39 is 11.9 Å². The van der Waals surface area contributed by atoms with E-state index >= 15 is 0 Å². The van der Waals surface area contributed by atoms with E-state index in [1.807, 2.05) is 0 Å². The number of aromatic nitrogens is 3. The first-order valence-electron chi connectivity index (χ1n) is 7.05. The van der Waals surface area contributed by atoms with Crippen molar-refractivity contribution >= 4 is 23.7 Å². The number of carbonyl (C=O) groups is 2. The summed E-state index contributed by atoms with van der Waals surface area (Å²) in [6, 6.07) is 7.39. The highest BCUT2D eigenvalue weighted by Gasteiger charge is 2.23. The number of rotatable bonds is 2. The summed E-state index contributed by atoms with van der Waals surface area (Å²) in [6.07, 6.45) is 4.64. The Kier molecular flexibility index (Phi) is 3.09. The summed E-state index contributed by atoms with van der Waals surface area (Å²) in [5.41, 5.74) is 1.89. The number of hydrogen-bond donors (Lipinski definition) is 2. The number of fused-ring (bicyclic) bond motifs is 1. The van der Waals surface area contributed by atoms with Crippen molar-refractivity contribution in [1.29, 1.82) is 0 Å². The summed E-state index contributed by atoms with van der Waals surface area (Å²) in [5.74, 6) is -0.902. The first kappa shape index (κ1) is 14.1. The summed E-state index contributed by atoms with van der Waals surface area (Å²) in [5, 5.41) is 8.65. The number of amides is 3. The Hall–Kier alpha value is -3.55. The van der Waals surface area contributed by atoms with Crippen LogP contribution in [0.5, 0.6) is 0 Å². The van der Waals surface area contributed by atoms with Crippen LogP contribution in [0.3, 0.4) is 0 Å². The molecule has 2 aromatic heterocycles. The molecule has 1 aliphatic heterocycles. The van der Waals surface area contributed by atoms with Gasteiger partial charge in [0.25, 0.3) is 5.91 Å². The van der Waals surface area contributed by atoms with E-state index in [4.69, 9.17) is 0 Å². The van der Waals surface area contributed by atoms with E-state index in [2.05, 4.69) is 20.7 Å². The summed E-state index contributed by atoms with van der Waals surface area (Å²) < 4.78 is 15.5. The lowest BCUT2D eigenvalue weighted by molar-refractivity contribution is -0.115. The molecule has 0 spiro atoms. The summed E-state index contributed by atoms with van der Waals surface area (Å²) in [6.45, 7) is 0. The molecule has 1 fully saturated rings. The van der Waals surface area contributed by atoms with Crippen molar-refractivity contribution in [3.8, 4) is 11.3 Å². The second-order valence-electron chi connectivity index (χ2n) is 5.13. The van der Waals surface area contributed by atoms with Crippen LogP contribution < -0.4 is 10.6 Å². The van der Waals surface area contributed by atoms with E-state index in [-0.39, 0.29) is 11.5 Å². The maximum atomic E-state index is 13.9. The highest BCUT2D eigenvalue weighted by atomic mass is 19.1. The van der Waals surface area contributed by atoms with Crippen LogP contribution in [0.1, 0.15) is 5.56 Å². The number of nitrogens with zero attached hydrogens (tertiary/aromatic N) is 3. The second-order valence-corrected chi connectivity index (χ2v) is 5.13. The van der Waals surface area contributed by atoms with Gasteiger partial charge in [-0.1, -0.05) is 12.1 Å². The number of nitrogens with one attached hydrogen (secondary N) is 2. The molecule has 3 aromatic rings. The number of benzene rings is 1. The average Bonchev–Trinajstić information content (AvgIpc) is 3.11. The van der Waals surface area contributed by atoms with Crippen molar-refractivity contribution in [2.75, 3.05) is 0 Å². The molecule has 0 saturated carbocycles. The first-order chi connectivity index (χ1) is 11.6. The molecule has 118 valence electrons. The molecule has 0 aliphatic carbocycles. The molecule has 1 aliphatic rings. The molecule has 1 saturated heterocycles. The molecular weight excluding hydrogens is 313 g/mol. The van der Waals surface area contributed by atoms with Gasteiger partial charge in [0.05, 0.1) is 11.9 Å². The van der Waals surface area contributed by atoms with Crippen LogP contribution in [0.25, 0.3) is 23.0 Å². The van der Waals surface area contributed by atoms with Gasteiger partial charge in [-0.25, -0.2) is 18.7 Å². The van der Waals surface area contributed by atoms with Crippen molar-refractivity contribution in [3.05, 3.63) is 59.8 Å². The van der Waals surface area contributed by atoms with Crippen molar-refractivity contribution in [3.63, 3.8) is 0 Å². The van der Waals surface area contributed by atoms with E-state index in [9.17, 15) is 14.0 Å². The van der Waals surface area contributed by atoms with Crippen LogP contribution >= 0.6 is 0 Å². The van der Waals surface area contributed by atoms with Crippen LogP contribution in [-0.2, 0) is 4.79 Å². The Morgan fingerprint density at radius 3 is 2.71 bits per heavy atom. The Labute approximate surface area is 134 Å². The molecule has 3 amide bonds. The highest BCUT2D eigenvalue weighted by molar-refractivity contribution is 6.14. The van der Waals surface area contributed by atoms with Crippen LogP contribution in [0.2, 0.25) is 0 Å². The molecule has 3 heterocycles. The van der Waals surface area contributed by atoms with Gasteiger partial charge in [0.15, 0.2) is 5.65 Å². The standard InChI is InChI=1S/C16H10FN5O2/c17-11-4-2-1-3-10(11)12-5-6-22-14(19-12)9(8-18-22)7-13-15(23)21-16(24)20-13/h1-8H,(H2,20,21,23,24). The largest absolute Gasteiger partial charge is 0.326 e. The minimum atomic E-state index is -0.581. The summed E-state index contributed by atoms with van der Waals surface area (Å²) in [4.78, 5) is 27.2. The third kappa shape index (κ3) is 2.30. The number of imide groups is 1. The normalized spacial score (nSPS) is 15.8. The monoisotopic (exact) mass is 323 g/mol.